The Kier molecular flexibility index (Phi) is 2.99. The second-order valence-electron chi connectivity index (χ2n) is 4.51. The number of nitrogens with zero attached hydrogens (tertiary/aromatic N) is 1. The summed E-state index contributed by atoms with van der Waals surface area (Å²) < 4.78 is 5.80. The summed E-state index contributed by atoms with van der Waals surface area (Å²) in [7, 11) is 0. The number of ether oxygens (including phenoxy) is 1. The van der Waals surface area contributed by atoms with Gasteiger partial charge in [0.1, 0.15) is 5.82 Å². The first-order chi connectivity index (χ1) is 8.83. The lowest BCUT2D eigenvalue weighted by atomic mass is 10.0. The molecule has 0 bridgehead atoms. The average molecular weight is 240 g/mol. The summed E-state index contributed by atoms with van der Waals surface area (Å²) in [6, 6.07) is 14.4. The minimum absolute atomic E-state index is 0.0933. The molecule has 1 N–H and O–H groups in total. The van der Waals surface area contributed by atoms with Crippen molar-refractivity contribution in [1.29, 1.82) is 0 Å². The summed E-state index contributed by atoms with van der Waals surface area (Å²) in [6.07, 6.45) is 0.888. The molecule has 0 spiro atoms. The number of hydrogen-bond acceptors (Lipinski definition) is 3. The van der Waals surface area contributed by atoms with Gasteiger partial charge in [0.15, 0.2) is 6.23 Å². The molecule has 3 heteroatoms. The number of nitrogens with one attached hydrogen (secondary N) is 1. The smallest absolute Gasteiger partial charge is 0.155 e. The fraction of sp³-hybridized carbons (Fsp3) is 0.267. The van der Waals surface area contributed by atoms with Crippen LogP contribution < -0.4 is 5.32 Å². The van der Waals surface area contributed by atoms with E-state index in [0.717, 1.165) is 24.5 Å². The number of fused-ring (bicyclic) bond motifs is 1. The van der Waals surface area contributed by atoms with Gasteiger partial charge in [-0.15, -0.1) is 0 Å². The van der Waals surface area contributed by atoms with E-state index in [1.807, 2.05) is 31.2 Å². The highest BCUT2D eigenvalue weighted by Crippen LogP contribution is 2.27. The van der Waals surface area contributed by atoms with Gasteiger partial charge in [-0.05, 0) is 31.0 Å². The van der Waals surface area contributed by atoms with Gasteiger partial charge in [0, 0.05) is 11.3 Å². The lowest BCUT2D eigenvalue weighted by molar-refractivity contribution is 0.0615. The summed E-state index contributed by atoms with van der Waals surface area (Å²) in [5.74, 6) is 0.858. The molecule has 1 unspecified atom stereocenters. The van der Waals surface area contributed by atoms with Crippen LogP contribution in [0.5, 0.6) is 0 Å². The van der Waals surface area contributed by atoms with Crippen molar-refractivity contribution in [3.8, 4) is 0 Å². The van der Waals surface area contributed by atoms with E-state index in [-0.39, 0.29) is 6.23 Å². The maximum atomic E-state index is 5.80. The quantitative estimate of drug-likeness (QED) is 0.876. The first kappa shape index (κ1) is 11.2. The Balaban J connectivity index is 1.86. The molecule has 3 rings (SSSR count). The molecule has 2 aromatic rings. The summed E-state index contributed by atoms with van der Waals surface area (Å²) in [5.41, 5.74) is 3.57. The van der Waals surface area contributed by atoms with Gasteiger partial charge in [-0.1, -0.05) is 30.3 Å². The average Bonchev–Trinajstić information content (AvgIpc) is 2.39. The molecule has 1 atom stereocenters. The van der Waals surface area contributed by atoms with Crippen LogP contribution in [0.1, 0.15) is 23.0 Å². The number of rotatable bonds is 2. The van der Waals surface area contributed by atoms with Crippen molar-refractivity contribution in [2.45, 2.75) is 19.6 Å². The Hall–Kier alpha value is -1.87. The van der Waals surface area contributed by atoms with Gasteiger partial charge in [-0.2, -0.15) is 0 Å². The fourth-order valence-electron chi connectivity index (χ4n) is 2.27. The number of anilines is 1. The van der Waals surface area contributed by atoms with E-state index < -0.39 is 0 Å². The molecule has 1 aliphatic rings. The summed E-state index contributed by atoms with van der Waals surface area (Å²) in [4.78, 5) is 4.45. The highest BCUT2D eigenvalue weighted by Gasteiger charge is 2.20. The normalized spacial score (nSPS) is 18.2. The van der Waals surface area contributed by atoms with Crippen molar-refractivity contribution in [2.75, 3.05) is 11.9 Å². The molecule has 0 radical (unpaired) electrons. The molecule has 92 valence electrons. The SMILES string of the molecule is Cc1cccc(NC2OCCc3ccccc32)n1. The second-order valence-corrected chi connectivity index (χ2v) is 4.51. The van der Waals surface area contributed by atoms with E-state index in [1.54, 1.807) is 0 Å². The van der Waals surface area contributed by atoms with Gasteiger partial charge in [0.2, 0.25) is 0 Å². The van der Waals surface area contributed by atoms with Crippen molar-refractivity contribution in [2.24, 2.45) is 0 Å². The van der Waals surface area contributed by atoms with Crippen LogP contribution in [0.15, 0.2) is 42.5 Å². The van der Waals surface area contributed by atoms with Crippen molar-refractivity contribution in [1.82, 2.24) is 4.98 Å². The maximum absolute atomic E-state index is 5.80. The van der Waals surface area contributed by atoms with Gasteiger partial charge >= 0.3 is 0 Å². The molecule has 1 aromatic heterocycles. The second kappa shape index (κ2) is 4.78. The van der Waals surface area contributed by atoms with Crippen molar-refractivity contribution >= 4 is 5.82 Å². The van der Waals surface area contributed by atoms with Crippen LogP contribution in [0.3, 0.4) is 0 Å². The monoisotopic (exact) mass is 240 g/mol. The Labute approximate surface area is 107 Å². The fourth-order valence-corrected chi connectivity index (χ4v) is 2.27. The number of benzene rings is 1. The third kappa shape index (κ3) is 2.22. The lowest BCUT2D eigenvalue weighted by Gasteiger charge is -2.27. The molecule has 18 heavy (non-hydrogen) atoms. The first-order valence-corrected chi connectivity index (χ1v) is 6.22. The Morgan fingerprint density at radius 1 is 1.17 bits per heavy atom. The lowest BCUT2D eigenvalue weighted by Crippen LogP contribution is -2.22. The van der Waals surface area contributed by atoms with Crippen LogP contribution in [0, 0.1) is 6.92 Å². The molecule has 0 fully saturated rings. The standard InChI is InChI=1S/C15H16N2O/c1-11-5-4-8-14(16-11)17-15-13-7-3-2-6-12(13)9-10-18-15/h2-8,15H,9-10H2,1H3,(H,16,17). The van der Waals surface area contributed by atoms with Crippen LogP contribution in [0.2, 0.25) is 0 Å². The zero-order chi connectivity index (χ0) is 12.4. The minimum atomic E-state index is -0.0933. The van der Waals surface area contributed by atoms with E-state index in [1.165, 1.54) is 11.1 Å². The third-order valence-electron chi connectivity index (χ3n) is 3.16. The van der Waals surface area contributed by atoms with Gasteiger partial charge in [0.05, 0.1) is 6.61 Å². The van der Waals surface area contributed by atoms with E-state index in [9.17, 15) is 0 Å². The largest absolute Gasteiger partial charge is 0.354 e. The van der Waals surface area contributed by atoms with E-state index >= 15 is 0 Å². The molecule has 0 saturated carbocycles. The number of aryl methyl sites for hydroxylation is 1. The number of aromatic nitrogens is 1. The Bertz CT molecular complexity index is 554. The molecule has 0 aliphatic carbocycles. The van der Waals surface area contributed by atoms with Gasteiger partial charge in [-0.25, -0.2) is 4.98 Å². The van der Waals surface area contributed by atoms with E-state index in [2.05, 4.69) is 28.5 Å². The molecular weight excluding hydrogens is 224 g/mol. The molecular formula is C15H16N2O. The highest BCUT2D eigenvalue weighted by atomic mass is 16.5. The van der Waals surface area contributed by atoms with Crippen LogP contribution in [0.4, 0.5) is 5.82 Å². The van der Waals surface area contributed by atoms with Gasteiger partial charge < -0.3 is 10.1 Å². The van der Waals surface area contributed by atoms with Crippen LogP contribution in [-0.2, 0) is 11.2 Å². The third-order valence-corrected chi connectivity index (χ3v) is 3.16. The molecule has 0 saturated heterocycles. The zero-order valence-electron chi connectivity index (χ0n) is 10.4. The van der Waals surface area contributed by atoms with Crippen molar-refractivity contribution < 1.29 is 4.74 Å². The molecule has 3 nitrogen and oxygen atoms in total. The summed E-state index contributed by atoms with van der Waals surface area (Å²) >= 11 is 0. The topological polar surface area (TPSA) is 34.1 Å². The van der Waals surface area contributed by atoms with E-state index in [4.69, 9.17) is 4.74 Å². The number of pyridine rings is 1. The van der Waals surface area contributed by atoms with E-state index in [0.29, 0.717) is 0 Å². The maximum Gasteiger partial charge on any atom is 0.155 e. The minimum Gasteiger partial charge on any atom is -0.354 e. The van der Waals surface area contributed by atoms with Gasteiger partial charge in [-0.3, -0.25) is 0 Å². The molecule has 1 aromatic carbocycles. The Morgan fingerprint density at radius 3 is 2.94 bits per heavy atom. The first-order valence-electron chi connectivity index (χ1n) is 6.22. The van der Waals surface area contributed by atoms with Crippen molar-refractivity contribution in [3.05, 3.63) is 59.3 Å². The van der Waals surface area contributed by atoms with Crippen LogP contribution in [0.25, 0.3) is 0 Å². The highest BCUT2D eigenvalue weighted by molar-refractivity contribution is 5.41. The Morgan fingerprint density at radius 2 is 2.06 bits per heavy atom. The van der Waals surface area contributed by atoms with Crippen LogP contribution in [-0.4, -0.2) is 11.6 Å². The number of hydrogen-bond donors (Lipinski definition) is 1. The molecule has 1 aliphatic heterocycles. The predicted molar refractivity (Wildman–Crippen MR) is 71.4 cm³/mol. The van der Waals surface area contributed by atoms with Crippen molar-refractivity contribution in [3.63, 3.8) is 0 Å². The predicted octanol–water partition coefficient (Wildman–Crippen LogP) is 3.07. The van der Waals surface area contributed by atoms with Gasteiger partial charge in [0.25, 0.3) is 0 Å². The summed E-state index contributed by atoms with van der Waals surface area (Å²) in [6.45, 7) is 2.74. The zero-order valence-corrected chi connectivity index (χ0v) is 10.4. The molecule has 0 amide bonds. The molecule has 2 heterocycles. The van der Waals surface area contributed by atoms with Crippen LogP contribution >= 0.6 is 0 Å². The summed E-state index contributed by atoms with van der Waals surface area (Å²) in [5, 5.41) is 3.34.